The minimum Gasteiger partial charge on any atom is -0.493 e. The molecule has 0 radical (unpaired) electrons. The summed E-state index contributed by atoms with van der Waals surface area (Å²) in [7, 11) is 1.47. The standard InChI is InChI=1S/C35H42N2O7/c1-35(2)23-10-9-22(26(35)16-23)18-37(29(40)15-20-7-5-4-6-8-20)27-17-25(34(42)36-11-12-38)30-24-13-21(19-39)14-28(43-3)32(24)44-33(30)31(27)41/h4-8,13-14,17,19,22-23,26-27,30-31,33,38,41H,9-12,15-16,18H2,1-3H3,(H,36,42)/t22-,23-,26-,27+,30-,31-,33-/m0/s1. The van der Waals surface area contributed by atoms with Crippen molar-refractivity contribution in [2.45, 2.75) is 63.7 Å². The van der Waals surface area contributed by atoms with E-state index in [1.165, 1.54) is 7.11 Å². The molecule has 7 rings (SSSR count). The van der Waals surface area contributed by atoms with Gasteiger partial charge in [0, 0.05) is 29.8 Å². The minimum absolute atomic E-state index is 0.0445. The number of ether oxygens (including phenoxy) is 2. The van der Waals surface area contributed by atoms with Crippen LogP contribution < -0.4 is 14.8 Å². The fraction of sp³-hybridized carbons (Fsp3) is 0.514. The van der Waals surface area contributed by atoms with Gasteiger partial charge in [0.15, 0.2) is 11.5 Å². The first kappa shape index (κ1) is 30.3. The van der Waals surface area contributed by atoms with Gasteiger partial charge in [-0.1, -0.05) is 44.2 Å². The van der Waals surface area contributed by atoms with Crippen LogP contribution in [0.15, 0.2) is 54.1 Å². The molecule has 1 heterocycles. The van der Waals surface area contributed by atoms with E-state index in [2.05, 4.69) is 19.2 Å². The zero-order chi connectivity index (χ0) is 31.2. The Balaban J connectivity index is 1.41. The molecule has 2 aromatic rings. The molecular formula is C35H42N2O7. The smallest absolute Gasteiger partial charge is 0.247 e. The van der Waals surface area contributed by atoms with E-state index in [-0.39, 0.29) is 36.8 Å². The van der Waals surface area contributed by atoms with Gasteiger partial charge in [0.2, 0.25) is 11.8 Å². The largest absolute Gasteiger partial charge is 0.493 e. The van der Waals surface area contributed by atoms with Crippen LogP contribution in [-0.4, -0.2) is 78.3 Å². The minimum atomic E-state index is -1.16. The van der Waals surface area contributed by atoms with Crippen molar-refractivity contribution in [3.05, 3.63) is 70.8 Å². The molecule has 0 unspecified atom stereocenters. The van der Waals surface area contributed by atoms with Crippen molar-refractivity contribution in [1.29, 1.82) is 0 Å². The maximum atomic E-state index is 14.2. The zero-order valence-electron chi connectivity index (χ0n) is 25.6. The average molecular weight is 603 g/mol. The number of methoxy groups -OCH3 is 1. The van der Waals surface area contributed by atoms with Crippen molar-refractivity contribution in [1.82, 2.24) is 10.2 Å². The predicted molar refractivity (Wildman–Crippen MR) is 163 cm³/mol. The number of carbonyl (C=O) groups is 3. The van der Waals surface area contributed by atoms with Crippen LogP contribution in [0.2, 0.25) is 0 Å². The molecule has 9 nitrogen and oxygen atoms in total. The van der Waals surface area contributed by atoms with Gasteiger partial charge in [0.25, 0.3) is 0 Å². The Morgan fingerprint density at radius 1 is 1.18 bits per heavy atom. The Bertz CT molecular complexity index is 1450. The van der Waals surface area contributed by atoms with Crippen molar-refractivity contribution >= 4 is 18.1 Å². The van der Waals surface area contributed by atoms with Gasteiger partial charge in [-0.05, 0) is 66.2 Å². The van der Waals surface area contributed by atoms with E-state index in [0.29, 0.717) is 52.9 Å². The number of hydrogen-bond acceptors (Lipinski definition) is 7. The summed E-state index contributed by atoms with van der Waals surface area (Å²) in [5, 5.41) is 24.2. The van der Waals surface area contributed by atoms with Gasteiger partial charge in [0.05, 0.1) is 32.1 Å². The third-order valence-electron chi connectivity index (χ3n) is 10.7. The quantitative estimate of drug-likeness (QED) is 0.357. The monoisotopic (exact) mass is 602 g/mol. The third kappa shape index (κ3) is 5.20. The summed E-state index contributed by atoms with van der Waals surface area (Å²) in [6.07, 6.45) is 3.81. The Hall–Kier alpha value is -3.69. The molecule has 234 valence electrons. The number of aliphatic hydroxyl groups is 2. The van der Waals surface area contributed by atoms with E-state index in [4.69, 9.17) is 9.47 Å². The number of amides is 2. The highest BCUT2D eigenvalue weighted by Crippen LogP contribution is 2.61. The first-order valence-corrected chi connectivity index (χ1v) is 15.6. The molecule has 4 aliphatic carbocycles. The Morgan fingerprint density at radius 2 is 1.95 bits per heavy atom. The highest BCUT2D eigenvalue weighted by molar-refractivity contribution is 5.96. The van der Waals surface area contributed by atoms with Gasteiger partial charge in [-0.2, -0.15) is 0 Å². The van der Waals surface area contributed by atoms with Crippen LogP contribution >= 0.6 is 0 Å². The van der Waals surface area contributed by atoms with Gasteiger partial charge in [-0.25, -0.2) is 0 Å². The van der Waals surface area contributed by atoms with E-state index in [9.17, 15) is 24.6 Å². The SMILES string of the molecule is COc1cc(C=O)cc2c1O[C@@H]1[C@@H](O)[C@H](N(C[C@@H]3CC[C@H]4C[C@@H]3C4(C)C)C(=O)Cc3ccccc3)C=C(C(=O)NCCO)[C@H]21. The molecule has 3 N–H and O–H groups in total. The molecule has 2 amide bonds. The second-order valence-electron chi connectivity index (χ2n) is 13.3. The number of nitrogens with one attached hydrogen (secondary N) is 1. The van der Waals surface area contributed by atoms with Crippen molar-refractivity contribution in [2.75, 3.05) is 26.8 Å². The summed E-state index contributed by atoms with van der Waals surface area (Å²) in [5.74, 6) is 0.916. The maximum Gasteiger partial charge on any atom is 0.247 e. The van der Waals surface area contributed by atoms with Gasteiger partial charge < -0.3 is 29.9 Å². The van der Waals surface area contributed by atoms with Crippen LogP contribution in [-0.2, 0) is 16.0 Å². The number of hydrogen-bond donors (Lipinski definition) is 3. The van der Waals surface area contributed by atoms with E-state index < -0.39 is 30.1 Å². The molecule has 0 aromatic heterocycles. The van der Waals surface area contributed by atoms with E-state index >= 15 is 0 Å². The Kier molecular flexibility index (Phi) is 8.28. The fourth-order valence-corrected chi connectivity index (χ4v) is 8.25. The lowest BCUT2D eigenvalue weighted by Crippen LogP contribution is -2.60. The van der Waals surface area contributed by atoms with Crippen LogP contribution in [0.3, 0.4) is 0 Å². The van der Waals surface area contributed by atoms with Gasteiger partial charge >= 0.3 is 0 Å². The summed E-state index contributed by atoms with van der Waals surface area (Å²) < 4.78 is 11.9. The zero-order valence-corrected chi connectivity index (χ0v) is 25.6. The summed E-state index contributed by atoms with van der Waals surface area (Å²) >= 11 is 0. The predicted octanol–water partition coefficient (Wildman–Crippen LogP) is 3.27. The average Bonchev–Trinajstić information content (AvgIpc) is 3.43. The van der Waals surface area contributed by atoms with Crippen molar-refractivity contribution in [3.63, 3.8) is 0 Å². The summed E-state index contributed by atoms with van der Waals surface area (Å²) in [6.45, 7) is 4.92. The lowest BCUT2D eigenvalue weighted by Gasteiger charge is -2.61. The summed E-state index contributed by atoms with van der Waals surface area (Å²) in [6, 6.07) is 11.9. The maximum absolute atomic E-state index is 14.2. The number of rotatable bonds is 10. The lowest BCUT2D eigenvalue weighted by molar-refractivity contribution is -0.145. The second kappa shape index (κ2) is 12.0. The fourth-order valence-electron chi connectivity index (χ4n) is 8.25. The van der Waals surface area contributed by atoms with Crippen LogP contribution in [0.1, 0.15) is 60.5 Å². The van der Waals surface area contributed by atoms with E-state index in [1.54, 1.807) is 23.1 Å². The number of nitrogens with zero attached hydrogens (tertiary/aromatic N) is 1. The van der Waals surface area contributed by atoms with Crippen molar-refractivity contribution < 1.29 is 34.1 Å². The van der Waals surface area contributed by atoms with E-state index in [1.807, 2.05) is 30.3 Å². The summed E-state index contributed by atoms with van der Waals surface area (Å²) in [5.41, 5.74) is 2.33. The normalized spacial score (nSPS) is 29.2. The number of aldehydes is 1. The number of aliphatic hydroxyl groups excluding tert-OH is 2. The van der Waals surface area contributed by atoms with Gasteiger partial charge in [-0.3, -0.25) is 14.4 Å². The Labute approximate surface area is 258 Å². The molecule has 9 heteroatoms. The molecule has 0 saturated heterocycles. The van der Waals surface area contributed by atoms with Crippen molar-refractivity contribution in [3.8, 4) is 11.5 Å². The molecule has 2 aromatic carbocycles. The van der Waals surface area contributed by atoms with Crippen molar-refractivity contribution in [2.24, 2.45) is 23.2 Å². The van der Waals surface area contributed by atoms with Crippen LogP contribution in [0.25, 0.3) is 0 Å². The lowest BCUT2D eigenvalue weighted by atomic mass is 9.45. The molecule has 1 aliphatic heterocycles. The molecule has 44 heavy (non-hydrogen) atoms. The molecule has 0 spiro atoms. The molecule has 3 fully saturated rings. The summed E-state index contributed by atoms with van der Waals surface area (Å²) in [4.78, 5) is 41.4. The topological polar surface area (TPSA) is 125 Å². The molecule has 3 saturated carbocycles. The van der Waals surface area contributed by atoms with Gasteiger partial charge in [-0.15, -0.1) is 0 Å². The first-order valence-electron chi connectivity index (χ1n) is 15.6. The highest BCUT2D eigenvalue weighted by Gasteiger charge is 2.56. The van der Waals surface area contributed by atoms with E-state index in [0.717, 1.165) is 24.8 Å². The van der Waals surface area contributed by atoms with Crippen LogP contribution in [0.4, 0.5) is 0 Å². The van der Waals surface area contributed by atoms with Crippen LogP contribution in [0, 0.1) is 23.2 Å². The van der Waals surface area contributed by atoms with Crippen LogP contribution in [0.5, 0.6) is 11.5 Å². The first-order chi connectivity index (χ1) is 21.2. The number of benzene rings is 2. The molecule has 5 aliphatic rings. The number of fused-ring (bicyclic) bond motifs is 5. The third-order valence-corrected chi connectivity index (χ3v) is 10.7. The highest BCUT2D eigenvalue weighted by atomic mass is 16.5. The van der Waals surface area contributed by atoms with Gasteiger partial charge in [0.1, 0.15) is 18.5 Å². The molecule has 2 bridgehead atoms. The number of carbonyl (C=O) groups excluding carboxylic acids is 3. The second-order valence-corrected chi connectivity index (χ2v) is 13.3. The molecule has 7 atom stereocenters. The molecular weight excluding hydrogens is 560 g/mol. The Morgan fingerprint density at radius 3 is 2.61 bits per heavy atom.